The molecule has 0 N–H and O–H groups in total. The number of furan rings is 1. The maximum atomic E-state index is 7.06. The van der Waals surface area contributed by atoms with E-state index in [-0.39, 0.29) is 17.4 Å². The van der Waals surface area contributed by atoms with Crippen molar-refractivity contribution in [1.82, 2.24) is 0 Å². The minimum Gasteiger partial charge on any atom is -0.455 e. The lowest BCUT2D eigenvalue weighted by Crippen LogP contribution is -2.46. The van der Waals surface area contributed by atoms with Crippen LogP contribution in [0.15, 0.2) is 120 Å². The van der Waals surface area contributed by atoms with E-state index in [0.29, 0.717) is 0 Å². The van der Waals surface area contributed by atoms with Crippen molar-refractivity contribution in [2.24, 2.45) is 7.05 Å². The molecule has 0 aliphatic carbocycles. The van der Waals surface area contributed by atoms with Gasteiger partial charge in [0.2, 0.25) is 11.4 Å². The molecule has 8 aromatic rings. The van der Waals surface area contributed by atoms with Crippen LogP contribution < -0.4 is 9.13 Å². The molecule has 5 heterocycles. The molecule has 2 unspecified atom stereocenters. The van der Waals surface area contributed by atoms with Crippen LogP contribution in [0.2, 0.25) is 0 Å². The van der Waals surface area contributed by atoms with E-state index in [1.807, 2.05) is 11.3 Å². The van der Waals surface area contributed by atoms with Gasteiger partial charge in [0.1, 0.15) is 18.2 Å². The van der Waals surface area contributed by atoms with E-state index in [4.69, 9.17) is 4.42 Å². The Balaban J connectivity index is 1.27. The van der Waals surface area contributed by atoms with E-state index in [9.17, 15) is 0 Å². The van der Waals surface area contributed by atoms with Crippen LogP contribution in [0.4, 0.5) is 0 Å². The van der Waals surface area contributed by atoms with Crippen molar-refractivity contribution < 1.29 is 13.6 Å². The van der Waals surface area contributed by atoms with Crippen LogP contribution in [-0.2, 0) is 18.9 Å². The average Bonchev–Trinajstić information content (AvgIpc) is 3.70. The molecular weight excluding hydrogens is 689 g/mol. The summed E-state index contributed by atoms with van der Waals surface area (Å²) < 4.78 is 13.1. The minimum absolute atomic E-state index is 0.0567. The molecule has 0 saturated heterocycles. The van der Waals surface area contributed by atoms with Crippen molar-refractivity contribution >= 4 is 43.4 Å². The van der Waals surface area contributed by atoms with E-state index in [1.165, 1.54) is 92.8 Å². The maximum absolute atomic E-state index is 7.06. The van der Waals surface area contributed by atoms with Gasteiger partial charge in [-0.05, 0) is 121 Å². The number of rotatable bonds is 6. The fraction of sp³-hybridized carbons (Fsp3) is 0.255. The summed E-state index contributed by atoms with van der Waals surface area (Å²) in [5, 5.41) is 3.62. The number of aromatic nitrogens is 2. The van der Waals surface area contributed by atoms with E-state index in [2.05, 4.69) is 181 Å². The van der Waals surface area contributed by atoms with Crippen molar-refractivity contribution in [2.75, 3.05) is 0 Å². The van der Waals surface area contributed by atoms with E-state index in [1.54, 1.807) is 0 Å². The zero-order valence-corrected chi connectivity index (χ0v) is 34.2. The first-order valence-electron chi connectivity index (χ1n) is 19.6. The largest absolute Gasteiger partial charge is 0.455 e. The van der Waals surface area contributed by atoms with Crippen molar-refractivity contribution in [2.45, 2.75) is 78.7 Å². The molecule has 4 aromatic heterocycles. The smallest absolute Gasteiger partial charge is 0.216 e. The molecule has 3 nitrogen and oxygen atoms in total. The van der Waals surface area contributed by atoms with Gasteiger partial charge in [-0.15, -0.1) is 11.3 Å². The normalized spacial score (nSPS) is 15.5. The molecule has 55 heavy (non-hydrogen) atoms. The molecule has 0 amide bonds. The Morgan fingerprint density at radius 1 is 0.782 bits per heavy atom. The summed E-state index contributed by atoms with van der Waals surface area (Å²) in [6.45, 7) is 20.2. The lowest BCUT2D eigenvalue weighted by molar-refractivity contribution is -0.707. The Bertz CT molecular complexity index is 2820. The van der Waals surface area contributed by atoms with E-state index >= 15 is 0 Å². The van der Waals surface area contributed by atoms with Gasteiger partial charge in [0.15, 0.2) is 18.4 Å². The van der Waals surface area contributed by atoms with Crippen LogP contribution in [0, 0.1) is 27.7 Å². The van der Waals surface area contributed by atoms with Crippen LogP contribution in [0.5, 0.6) is 0 Å². The number of hydrogen-bond acceptors (Lipinski definition) is 2. The highest BCUT2D eigenvalue weighted by Crippen LogP contribution is 2.45. The molecule has 0 spiro atoms. The lowest BCUT2D eigenvalue weighted by Gasteiger charge is -2.29. The molecule has 0 radical (unpaired) electrons. The highest BCUT2D eigenvalue weighted by atomic mass is 32.1. The van der Waals surface area contributed by atoms with Gasteiger partial charge in [0.05, 0.1) is 11.5 Å². The number of fused-ring (bicyclic) bond motifs is 7. The van der Waals surface area contributed by atoms with Crippen molar-refractivity contribution in [3.05, 3.63) is 154 Å². The first-order valence-corrected chi connectivity index (χ1v) is 20.5. The number of allylic oxidation sites excluding steroid dienone is 1. The number of hydrogen-bond donors (Lipinski definition) is 0. The van der Waals surface area contributed by atoms with Gasteiger partial charge in [-0.3, -0.25) is 0 Å². The molecule has 0 bridgehead atoms. The molecule has 1 aliphatic rings. The summed E-state index contributed by atoms with van der Waals surface area (Å²) in [6, 6.07) is 34.3. The highest BCUT2D eigenvalue weighted by molar-refractivity contribution is 7.19. The van der Waals surface area contributed by atoms with Crippen LogP contribution in [0.1, 0.15) is 77.4 Å². The Hall–Kier alpha value is -5.32. The summed E-state index contributed by atoms with van der Waals surface area (Å²) in [4.78, 5) is 1.32. The summed E-state index contributed by atoms with van der Waals surface area (Å²) in [6.07, 6.45) is 8.69. The molecule has 0 fully saturated rings. The summed E-state index contributed by atoms with van der Waals surface area (Å²) in [7, 11) is 2.21. The second-order valence-corrected chi connectivity index (χ2v) is 18.2. The fourth-order valence-electron chi connectivity index (χ4n) is 9.43. The quantitative estimate of drug-likeness (QED) is 0.123. The molecule has 4 aromatic carbocycles. The first-order chi connectivity index (χ1) is 26.4. The topological polar surface area (TPSA) is 20.9 Å². The number of thiophene rings is 1. The standard InChI is InChI=1S/C51H50N2OS/c1-10-43-38(36-16-11-12-17-37(36)44-23-18-30(2)28-53(43)44)21-19-34-20-22-39-40-25-35-24-33(5)55-47(35)27-46(40)54-50(39)49(34)45-26-41(42(29-52(45)9)51(6,7)8)48-31(3)14-13-15-32(48)4/h10-18,20,22-29,38,43H,1,19,21H2,2-9H3/q+2. The Morgan fingerprint density at radius 2 is 1.56 bits per heavy atom. The molecule has 1 aliphatic heterocycles. The Kier molecular flexibility index (Phi) is 8.47. The van der Waals surface area contributed by atoms with Crippen molar-refractivity contribution in [1.29, 1.82) is 0 Å². The van der Waals surface area contributed by atoms with Crippen molar-refractivity contribution in [3.8, 4) is 33.6 Å². The number of benzene rings is 4. The fourth-order valence-corrected chi connectivity index (χ4v) is 10.4. The van der Waals surface area contributed by atoms with Crippen LogP contribution in [0.3, 0.4) is 0 Å². The maximum Gasteiger partial charge on any atom is 0.216 e. The van der Waals surface area contributed by atoms with Gasteiger partial charge in [-0.25, -0.2) is 4.57 Å². The number of aryl methyl sites for hydroxylation is 6. The van der Waals surface area contributed by atoms with Crippen LogP contribution >= 0.6 is 11.3 Å². The zero-order chi connectivity index (χ0) is 38.3. The molecule has 4 heteroatoms. The zero-order valence-electron chi connectivity index (χ0n) is 33.4. The molecule has 0 saturated carbocycles. The van der Waals surface area contributed by atoms with E-state index in [0.717, 1.165) is 24.0 Å². The summed E-state index contributed by atoms with van der Waals surface area (Å²) >= 11 is 1.83. The minimum atomic E-state index is -0.0567. The number of nitrogens with zero attached hydrogens (tertiary/aromatic N) is 2. The molecule has 274 valence electrons. The van der Waals surface area contributed by atoms with Crippen molar-refractivity contribution in [3.63, 3.8) is 0 Å². The lowest BCUT2D eigenvalue weighted by atomic mass is 9.78. The first kappa shape index (κ1) is 35.4. The summed E-state index contributed by atoms with van der Waals surface area (Å²) in [5.41, 5.74) is 17.3. The van der Waals surface area contributed by atoms with Gasteiger partial charge in [0.25, 0.3) is 0 Å². The van der Waals surface area contributed by atoms with Crippen LogP contribution in [-0.4, -0.2) is 0 Å². The average molecular weight is 739 g/mol. The van der Waals surface area contributed by atoms with Gasteiger partial charge >= 0.3 is 0 Å². The monoisotopic (exact) mass is 738 g/mol. The summed E-state index contributed by atoms with van der Waals surface area (Å²) in [5.74, 6) is 0.268. The predicted octanol–water partition coefficient (Wildman–Crippen LogP) is 12.9. The second kappa shape index (κ2) is 13.2. The highest BCUT2D eigenvalue weighted by Gasteiger charge is 2.38. The third kappa shape index (κ3) is 5.85. The van der Waals surface area contributed by atoms with Crippen LogP contribution in [0.25, 0.3) is 65.7 Å². The van der Waals surface area contributed by atoms with Gasteiger partial charge < -0.3 is 4.42 Å². The third-order valence-corrected chi connectivity index (χ3v) is 13.1. The number of pyridine rings is 2. The molecule has 2 atom stereocenters. The molecule has 9 rings (SSSR count). The van der Waals surface area contributed by atoms with E-state index < -0.39 is 0 Å². The second-order valence-electron chi connectivity index (χ2n) is 16.9. The Morgan fingerprint density at radius 3 is 2.33 bits per heavy atom. The Labute approximate surface area is 329 Å². The predicted molar refractivity (Wildman–Crippen MR) is 231 cm³/mol. The van der Waals surface area contributed by atoms with Gasteiger partial charge in [-0.2, -0.15) is 4.57 Å². The van der Waals surface area contributed by atoms with Gasteiger partial charge in [0, 0.05) is 49.2 Å². The molecular formula is C51H50N2OS+2. The SMILES string of the molecule is C=CC1C(CCc2ccc3c(oc4cc5sc(C)cc5cc43)c2-c2cc(-c3c(C)cccc3C)c(C(C)(C)C)c[n+]2C)c2ccccc2-c2ccc(C)c[n+]21. The third-order valence-electron chi connectivity index (χ3n) is 12.0. The van der Waals surface area contributed by atoms with Gasteiger partial charge in [-0.1, -0.05) is 75.9 Å².